The number of rotatable bonds is 7. The zero-order valence-electron chi connectivity index (χ0n) is 22.3. The van der Waals surface area contributed by atoms with Gasteiger partial charge in [0.25, 0.3) is 0 Å². The number of hydrogen-bond donors (Lipinski definition) is 3. The first kappa shape index (κ1) is 30.0. The van der Waals surface area contributed by atoms with Gasteiger partial charge in [-0.05, 0) is 67.8 Å². The number of aromatic nitrogens is 1. The number of piperidine rings is 1. The Balaban J connectivity index is 0.00000205. The van der Waals surface area contributed by atoms with Gasteiger partial charge in [0.1, 0.15) is 19.0 Å². The van der Waals surface area contributed by atoms with Crippen molar-refractivity contribution in [1.82, 2.24) is 9.47 Å². The normalized spacial score (nSPS) is 17.5. The summed E-state index contributed by atoms with van der Waals surface area (Å²) in [6, 6.07) is 11.6. The Labute approximate surface area is 226 Å². The highest BCUT2D eigenvalue weighted by Gasteiger charge is 2.31. The summed E-state index contributed by atoms with van der Waals surface area (Å²) in [7, 11) is 2.86. The Hall–Kier alpha value is -3.55. The number of halogens is 4. The maximum Gasteiger partial charge on any atom is 0.406 e. The fourth-order valence-corrected chi connectivity index (χ4v) is 4.71. The lowest BCUT2D eigenvalue weighted by Gasteiger charge is -2.33. The molecule has 0 radical (unpaired) electrons. The minimum Gasteiger partial charge on any atom is -0.400 e. The van der Waals surface area contributed by atoms with E-state index in [-0.39, 0.29) is 12.2 Å². The van der Waals surface area contributed by atoms with E-state index in [1.54, 1.807) is 42.5 Å². The highest BCUT2D eigenvalue weighted by Crippen LogP contribution is 2.31. The van der Waals surface area contributed by atoms with E-state index in [4.69, 9.17) is 5.11 Å². The van der Waals surface area contributed by atoms with Gasteiger partial charge in [0.15, 0.2) is 0 Å². The Kier molecular flexibility index (Phi) is 10.4. The fraction of sp³-hybridized carbons (Fsp3) is 0.414. The number of alkyl halides is 4. The first-order chi connectivity index (χ1) is 18.7. The molecule has 4 rings (SSSR count). The van der Waals surface area contributed by atoms with Crippen molar-refractivity contribution in [2.24, 2.45) is 0 Å². The number of nitrogens with one attached hydrogen (secondary N) is 2. The molecule has 1 saturated heterocycles. The summed E-state index contributed by atoms with van der Waals surface area (Å²) < 4.78 is 56.2. The summed E-state index contributed by atoms with van der Waals surface area (Å²) in [5, 5.41) is 14.0. The highest BCUT2D eigenvalue weighted by atomic mass is 19.4. The van der Waals surface area contributed by atoms with Gasteiger partial charge in [-0.3, -0.25) is 4.79 Å². The average molecular weight is 547 g/mol. The lowest BCUT2D eigenvalue weighted by molar-refractivity contribution is -0.140. The number of likely N-dealkylation sites (tertiary alicyclic amines) is 1. The SMILES string of the molecule is CCc1cc(C=O)ccc1NCC#Cc1cc2c(NC3CCN(C)CC3F)cccc2n1CC(F)(F)F.CO. The van der Waals surface area contributed by atoms with Crippen molar-refractivity contribution in [3.63, 3.8) is 0 Å². The molecule has 0 aliphatic carbocycles. The molecular weight excluding hydrogens is 512 g/mol. The zero-order chi connectivity index (χ0) is 28.6. The summed E-state index contributed by atoms with van der Waals surface area (Å²) in [4.78, 5) is 12.9. The second kappa shape index (κ2) is 13.5. The van der Waals surface area contributed by atoms with E-state index < -0.39 is 24.9 Å². The topological polar surface area (TPSA) is 69.5 Å². The van der Waals surface area contributed by atoms with Crippen LogP contribution in [0.4, 0.5) is 28.9 Å². The first-order valence-corrected chi connectivity index (χ1v) is 12.7. The minimum absolute atomic E-state index is 0.214. The third-order valence-electron chi connectivity index (χ3n) is 6.60. The van der Waals surface area contributed by atoms with Gasteiger partial charge in [-0.25, -0.2) is 4.39 Å². The number of anilines is 2. The van der Waals surface area contributed by atoms with Crippen LogP contribution in [0.2, 0.25) is 0 Å². The lowest BCUT2D eigenvalue weighted by Crippen LogP contribution is -2.46. The number of hydrogen-bond acceptors (Lipinski definition) is 5. The van der Waals surface area contributed by atoms with E-state index in [9.17, 15) is 22.4 Å². The van der Waals surface area contributed by atoms with Crippen LogP contribution in [-0.2, 0) is 13.0 Å². The van der Waals surface area contributed by atoms with E-state index in [2.05, 4.69) is 22.5 Å². The molecule has 1 fully saturated rings. The number of nitrogens with zero attached hydrogens (tertiary/aromatic N) is 2. The van der Waals surface area contributed by atoms with Crippen LogP contribution in [0.5, 0.6) is 0 Å². The van der Waals surface area contributed by atoms with Crippen LogP contribution in [0, 0.1) is 11.8 Å². The minimum atomic E-state index is -4.43. The van der Waals surface area contributed by atoms with Crippen molar-refractivity contribution in [2.45, 2.75) is 44.7 Å². The van der Waals surface area contributed by atoms with E-state index in [0.29, 0.717) is 41.5 Å². The molecule has 10 heteroatoms. The third-order valence-corrected chi connectivity index (χ3v) is 6.60. The zero-order valence-corrected chi connectivity index (χ0v) is 22.3. The quantitative estimate of drug-likeness (QED) is 0.219. The van der Waals surface area contributed by atoms with Gasteiger partial charge >= 0.3 is 6.18 Å². The molecule has 2 unspecified atom stereocenters. The number of aliphatic hydroxyl groups excluding tert-OH is 1. The van der Waals surface area contributed by atoms with Crippen molar-refractivity contribution >= 4 is 28.6 Å². The Morgan fingerprint density at radius 2 is 1.92 bits per heavy atom. The summed E-state index contributed by atoms with van der Waals surface area (Å²) in [5.74, 6) is 5.81. The number of carbonyl (C=O) groups is 1. The van der Waals surface area contributed by atoms with Crippen LogP contribution in [0.25, 0.3) is 10.9 Å². The van der Waals surface area contributed by atoms with E-state index >= 15 is 0 Å². The summed E-state index contributed by atoms with van der Waals surface area (Å²) in [6.07, 6.45) is -3.41. The molecule has 0 spiro atoms. The van der Waals surface area contributed by atoms with Gasteiger partial charge in [0.2, 0.25) is 0 Å². The third kappa shape index (κ3) is 7.74. The molecular formula is C29H34F4N4O2. The number of carbonyl (C=O) groups excluding carboxylic acids is 1. The molecule has 1 aromatic heterocycles. The molecule has 3 aromatic rings. The van der Waals surface area contributed by atoms with Crippen molar-refractivity contribution < 1.29 is 27.5 Å². The molecule has 2 atom stereocenters. The Bertz CT molecular complexity index is 1330. The number of benzene rings is 2. The largest absolute Gasteiger partial charge is 0.406 e. The van der Waals surface area contributed by atoms with E-state index in [1.807, 2.05) is 18.9 Å². The lowest BCUT2D eigenvalue weighted by atomic mass is 10.0. The number of fused-ring (bicyclic) bond motifs is 1. The number of aldehydes is 1. The van der Waals surface area contributed by atoms with E-state index in [0.717, 1.165) is 35.8 Å². The number of aliphatic hydroxyl groups is 1. The molecule has 6 nitrogen and oxygen atoms in total. The maximum absolute atomic E-state index is 14.6. The van der Waals surface area contributed by atoms with Crippen LogP contribution < -0.4 is 10.6 Å². The molecule has 39 heavy (non-hydrogen) atoms. The summed E-state index contributed by atoms with van der Waals surface area (Å²) in [6.45, 7) is 2.06. The van der Waals surface area contributed by atoms with Gasteiger partial charge in [0.05, 0.1) is 23.8 Å². The standard InChI is InChI=1S/C28H30F4N4O.CH4O/c1-3-20-14-19(17-37)9-10-24(20)33-12-5-6-21-15-22-25(34-26-11-13-35(2)16-23(26)29)7-4-8-27(22)36(21)18-28(30,31)32;1-2/h4,7-10,14-15,17,23,26,33-34H,3,11-13,16,18H2,1-2H3;2H,1H3. The predicted octanol–water partition coefficient (Wildman–Crippen LogP) is 5.10. The average Bonchev–Trinajstić information content (AvgIpc) is 3.26. The monoisotopic (exact) mass is 546 g/mol. The molecule has 2 heterocycles. The summed E-state index contributed by atoms with van der Waals surface area (Å²) >= 11 is 0. The van der Waals surface area contributed by atoms with Crippen LogP contribution in [0.3, 0.4) is 0 Å². The van der Waals surface area contributed by atoms with Crippen LogP contribution >= 0.6 is 0 Å². The van der Waals surface area contributed by atoms with Crippen LogP contribution in [0.1, 0.15) is 35.0 Å². The molecule has 0 amide bonds. The first-order valence-electron chi connectivity index (χ1n) is 12.7. The maximum atomic E-state index is 14.6. The van der Waals surface area contributed by atoms with Crippen molar-refractivity contribution in [1.29, 1.82) is 0 Å². The Morgan fingerprint density at radius 1 is 1.15 bits per heavy atom. The van der Waals surface area contributed by atoms with Gasteiger partial charge in [-0.1, -0.05) is 18.9 Å². The number of aryl methyl sites for hydroxylation is 1. The van der Waals surface area contributed by atoms with Crippen molar-refractivity contribution in [2.75, 3.05) is 44.4 Å². The van der Waals surface area contributed by atoms with Crippen LogP contribution in [-0.4, -0.2) is 73.0 Å². The highest BCUT2D eigenvalue weighted by molar-refractivity contribution is 5.94. The predicted molar refractivity (Wildman–Crippen MR) is 147 cm³/mol. The second-order valence-corrected chi connectivity index (χ2v) is 9.33. The van der Waals surface area contributed by atoms with Crippen molar-refractivity contribution in [3.05, 3.63) is 59.3 Å². The van der Waals surface area contributed by atoms with Gasteiger partial charge in [0, 0.05) is 42.5 Å². The van der Waals surface area contributed by atoms with Crippen LogP contribution in [0.15, 0.2) is 42.5 Å². The van der Waals surface area contributed by atoms with Gasteiger partial charge in [-0.2, -0.15) is 13.2 Å². The molecule has 1 aliphatic rings. The molecule has 210 valence electrons. The molecule has 0 bridgehead atoms. The van der Waals surface area contributed by atoms with E-state index in [1.165, 1.54) is 0 Å². The van der Waals surface area contributed by atoms with Crippen molar-refractivity contribution in [3.8, 4) is 11.8 Å². The van der Waals surface area contributed by atoms with Gasteiger partial charge < -0.3 is 25.2 Å². The van der Waals surface area contributed by atoms with Gasteiger partial charge in [-0.15, -0.1) is 0 Å². The molecule has 2 aromatic carbocycles. The summed E-state index contributed by atoms with van der Waals surface area (Å²) in [5.41, 5.74) is 3.57. The molecule has 3 N–H and O–H groups in total. The molecule has 1 aliphatic heterocycles. The smallest absolute Gasteiger partial charge is 0.400 e. The Morgan fingerprint density at radius 3 is 2.59 bits per heavy atom. The fourth-order valence-electron chi connectivity index (χ4n) is 4.71. The molecule has 0 saturated carbocycles. The second-order valence-electron chi connectivity index (χ2n) is 9.33.